The third-order valence-corrected chi connectivity index (χ3v) is 5.26. The molecule has 1 saturated heterocycles. The van der Waals surface area contributed by atoms with Crippen LogP contribution in [-0.2, 0) is 16.1 Å². The van der Waals surface area contributed by atoms with E-state index in [1.165, 1.54) is 10.6 Å². The number of likely N-dealkylation sites (tertiary alicyclic amines) is 1. The van der Waals surface area contributed by atoms with Crippen LogP contribution >= 0.6 is 0 Å². The first-order valence-corrected chi connectivity index (χ1v) is 7.75. The van der Waals surface area contributed by atoms with Crippen LogP contribution in [0.5, 0.6) is 5.75 Å². The standard InChI is InChI=1S/C16H20N2O5/c1-10-5-12(19)6-13(20)18(10)8-14(21)17-7-11-3-2-4-16(11,9-17)15(22)23/h5-6,11,19H,2-4,7-9H2,1H3,(H,22,23)/t11-,16+/m0/s1. The summed E-state index contributed by atoms with van der Waals surface area (Å²) in [6.45, 7) is 2.17. The molecule has 1 aliphatic carbocycles. The fourth-order valence-corrected chi connectivity index (χ4v) is 3.98. The van der Waals surface area contributed by atoms with Crippen molar-refractivity contribution in [1.82, 2.24) is 9.47 Å². The second-order valence-corrected chi connectivity index (χ2v) is 6.60. The van der Waals surface area contributed by atoms with Crippen molar-refractivity contribution in [2.75, 3.05) is 13.1 Å². The number of hydrogen-bond donors (Lipinski definition) is 2. The summed E-state index contributed by atoms with van der Waals surface area (Å²) in [5.41, 5.74) is -0.760. The van der Waals surface area contributed by atoms with Crippen molar-refractivity contribution in [3.8, 4) is 5.75 Å². The molecular weight excluding hydrogens is 300 g/mol. The number of carbonyl (C=O) groups excluding carboxylic acids is 1. The second kappa shape index (κ2) is 5.40. The summed E-state index contributed by atoms with van der Waals surface area (Å²) < 4.78 is 1.30. The third-order valence-electron chi connectivity index (χ3n) is 5.26. The highest BCUT2D eigenvalue weighted by molar-refractivity contribution is 5.81. The molecule has 2 heterocycles. The number of aromatic hydroxyl groups is 1. The number of aliphatic carboxylic acids is 1. The Kier molecular flexibility index (Phi) is 3.66. The average molecular weight is 320 g/mol. The number of carbonyl (C=O) groups is 2. The predicted molar refractivity (Wildman–Crippen MR) is 81.1 cm³/mol. The van der Waals surface area contributed by atoms with Gasteiger partial charge < -0.3 is 19.7 Å². The largest absolute Gasteiger partial charge is 0.508 e. The lowest BCUT2D eigenvalue weighted by atomic mass is 9.81. The van der Waals surface area contributed by atoms with Crippen LogP contribution in [0.1, 0.15) is 25.0 Å². The lowest BCUT2D eigenvalue weighted by molar-refractivity contribution is -0.149. The molecule has 23 heavy (non-hydrogen) atoms. The van der Waals surface area contributed by atoms with Gasteiger partial charge >= 0.3 is 5.97 Å². The van der Waals surface area contributed by atoms with E-state index in [2.05, 4.69) is 0 Å². The summed E-state index contributed by atoms with van der Waals surface area (Å²) in [5.74, 6) is -1.21. The molecule has 1 aromatic heterocycles. The van der Waals surface area contributed by atoms with Crippen molar-refractivity contribution >= 4 is 11.9 Å². The van der Waals surface area contributed by atoms with Gasteiger partial charge in [-0.2, -0.15) is 0 Å². The molecule has 1 saturated carbocycles. The molecule has 2 atom stereocenters. The number of aryl methyl sites for hydroxylation is 1. The summed E-state index contributed by atoms with van der Waals surface area (Å²) in [6, 6.07) is 2.49. The first-order chi connectivity index (χ1) is 10.8. The van der Waals surface area contributed by atoms with E-state index in [1.807, 2.05) is 0 Å². The summed E-state index contributed by atoms with van der Waals surface area (Å²) >= 11 is 0. The van der Waals surface area contributed by atoms with Crippen molar-refractivity contribution in [2.45, 2.75) is 32.7 Å². The Hall–Kier alpha value is -2.31. The second-order valence-electron chi connectivity index (χ2n) is 6.60. The quantitative estimate of drug-likeness (QED) is 0.848. The SMILES string of the molecule is Cc1cc(O)cc(=O)n1CC(=O)N1C[C@@H]2CCC[C@@]2(C(=O)O)C1. The fourth-order valence-electron chi connectivity index (χ4n) is 3.98. The molecule has 0 bridgehead atoms. The molecule has 0 unspecified atom stereocenters. The van der Waals surface area contributed by atoms with E-state index in [9.17, 15) is 24.6 Å². The van der Waals surface area contributed by atoms with Crippen LogP contribution in [0.15, 0.2) is 16.9 Å². The first-order valence-electron chi connectivity index (χ1n) is 7.75. The number of rotatable bonds is 3. The van der Waals surface area contributed by atoms with Crippen LogP contribution < -0.4 is 5.56 Å². The Morgan fingerprint density at radius 2 is 2.13 bits per heavy atom. The van der Waals surface area contributed by atoms with Crippen molar-refractivity contribution in [2.24, 2.45) is 11.3 Å². The van der Waals surface area contributed by atoms with Crippen molar-refractivity contribution in [1.29, 1.82) is 0 Å². The summed E-state index contributed by atoms with van der Waals surface area (Å²) in [7, 11) is 0. The molecule has 3 rings (SSSR count). The van der Waals surface area contributed by atoms with Gasteiger partial charge in [-0.3, -0.25) is 14.4 Å². The smallest absolute Gasteiger partial charge is 0.311 e. The molecule has 124 valence electrons. The number of nitrogens with zero attached hydrogens (tertiary/aromatic N) is 2. The Morgan fingerprint density at radius 1 is 1.39 bits per heavy atom. The lowest BCUT2D eigenvalue weighted by Gasteiger charge is -2.23. The third kappa shape index (κ3) is 2.50. The highest BCUT2D eigenvalue weighted by atomic mass is 16.4. The minimum atomic E-state index is -0.826. The van der Waals surface area contributed by atoms with E-state index < -0.39 is 16.9 Å². The van der Waals surface area contributed by atoms with Gasteiger partial charge in [0.05, 0.1) is 5.41 Å². The van der Waals surface area contributed by atoms with Gasteiger partial charge in [0.25, 0.3) is 5.56 Å². The van der Waals surface area contributed by atoms with Gasteiger partial charge in [0, 0.05) is 24.8 Å². The topological polar surface area (TPSA) is 99.8 Å². The van der Waals surface area contributed by atoms with Gasteiger partial charge in [-0.15, -0.1) is 0 Å². The van der Waals surface area contributed by atoms with Gasteiger partial charge in [-0.1, -0.05) is 6.42 Å². The van der Waals surface area contributed by atoms with E-state index >= 15 is 0 Å². The molecule has 2 fully saturated rings. The molecule has 0 radical (unpaired) electrons. The molecule has 0 aromatic carbocycles. The molecule has 7 nitrogen and oxygen atoms in total. The zero-order chi connectivity index (χ0) is 16.8. The normalized spacial score (nSPS) is 26.3. The Labute approximate surface area is 133 Å². The summed E-state index contributed by atoms with van der Waals surface area (Å²) in [4.78, 5) is 37.6. The molecule has 1 aliphatic heterocycles. The number of aromatic nitrogens is 1. The highest BCUT2D eigenvalue weighted by Crippen LogP contribution is 2.48. The van der Waals surface area contributed by atoms with Crippen molar-refractivity contribution in [3.05, 3.63) is 28.2 Å². The van der Waals surface area contributed by atoms with E-state index in [1.54, 1.807) is 11.8 Å². The monoisotopic (exact) mass is 320 g/mol. The van der Waals surface area contributed by atoms with E-state index in [0.717, 1.165) is 18.9 Å². The molecule has 0 spiro atoms. The molecular formula is C16H20N2O5. The van der Waals surface area contributed by atoms with E-state index in [0.29, 0.717) is 18.7 Å². The summed E-state index contributed by atoms with van der Waals surface area (Å²) in [6.07, 6.45) is 2.32. The van der Waals surface area contributed by atoms with Gasteiger partial charge in [0.15, 0.2) is 0 Å². The number of fused-ring (bicyclic) bond motifs is 1. The average Bonchev–Trinajstić information content (AvgIpc) is 3.00. The first kappa shape index (κ1) is 15.6. The number of carboxylic acid groups (broad SMARTS) is 1. The lowest BCUT2D eigenvalue weighted by Crippen LogP contribution is -2.39. The van der Waals surface area contributed by atoms with Crippen molar-refractivity contribution < 1.29 is 19.8 Å². The maximum Gasteiger partial charge on any atom is 0.311 e. The minimum Gasteiger partial charge on any atom is -0.508 e. The molecule has 2 aliphatic rings. The Bertz CT molecular complexity index is 726. The molecule has 1 aromatic rings. The Morgan fingerprint density at radius 3 is 2.74 bits per heavy atom. The van der Waals surface area contributed by atoms with Crippen LogP contribution in [0.2, 0.25) is 0 Å². The highest BCUT2D eigenvalue weighted by Gasteiger charge is 2.55. The molecule has 2 N–H and O–H groups in total. The number of pyridine rings is 1. The fraction of sp³-hybridized carbons (Fsp3) is 0.562. The predicted octanol–water partition coefficient (Wildman–Crippen LogP) is 0.576. The van der Waals surface area contributed by atoms with Crippen LogP contribution in [0.3, 0.4) is 0 Å². The van der Waals surface area contributed by atoms with Crippen LogP contribution in [0.25, 0.3) is 0 Å². The molecule has 1 amide bonds. The van der Waals surface area contributed by atoms with Gasteiger partial charge in [-0.05, 0) is 31.7 Å². The number of carboxylic acids is 1. The zero-order valence-electron chi connectivity index (χ0n) is 13.0. The molecule has 7 heteroatoms. The number of amides is 1. The maximum atomic E-state index is 12.5. The zero-order valence-corrected chi connectivity index (χ0v) is 13.0. The van der Waals surface area contributed by atoms with Gasteiger partial charge in [0.2, 0.25) is 5.91 Å². The van der Waals surface area contributed by atoms with Crippen LogP contribution in [0.4, 0.5) is 0 Å². The maximum absolute atomic E-state index is 12.5. The van der Waals surface area contributed by atoms with Crippen molar-refractivity contribution in [3.63, 3.8) is 0 Å². The van der Waals surface area contributed by atoms with Crippen LogP contribution in [-0.4, -0.2) is 44.6 Å². The minimum absolute atomic E-state index is 0.00147. The Balaban J connectivity index is 1.79. The number of hydrogen-bond acceptors (Lipinski definition) is 4. The van der Waals surface area contributed by atoms with E-state index in [4.69, 9.17) is 0 Å². The summed E-state index contributed by atoms with van der Waals surface area (Å²) in [5, 5.41) is 19.0. The van der Waals surface area contributed by atoms with E-state index in [-0.39, 0.29) is 30.7 Å². The van der Waals surface area contributed by atoms with Crippen LogP contribution in [0, 0.1) is 18.3 Å². The van der Waals surface area contributed by atoms with Gasteiger partial charge in [-0.25, -0.2) is 0 Å². The van der Waals surface area contributed by atoms with Gasteiger partial charge in [0.1, 0.15) is 12.3 Å².